The first-order valence-electron chi connectivity index (χ1n) is 8.09. The Morgan fingerprint density at radius 3 is 2.48 bits per heavy atom. The monoisotopic (exact) mass is 320 g/mol. The standard InChI is InChI=1S/C19H28S2/c1-3-5-7-11-14-19(18-12-9-8-10-13-18)21-17-16-20-15-6-4-2/h8-13H,3-7,15-17H2,1-2H3. The van der Waals surface area contributed by atoms with Crippen LogP contribution in [0.4, 0.5) is 0 Å². The van der Waals surface area contributed by atoms with E-state index in [0.717, 1.165) is 6.42 Å². The van der Waals surface area contributed by atoms with Crippen LogP contribution in [0.1, 0.15) is 51.5 Å². The van der Waals surface area contributed by atoms with Crippen molar-refractivity contribution in [2.24, 2.45) is 0 Å². The van der Waals surface area contributed by atoms with Gasteiger partial charge in [-0.05, 0) is 36.7 Å². The lowest BCUT2D eigenvalue weighted by atomic mass is 10.2. The first-order valence-corrected chi connectivity index (χ1v) is 10.2. The number of benzene rings is 1. The van der Waals surface area contributed by atoms with Gasteiger partial charge in [0.1, 0.15) is 0 Å². The maximum Gasteiger partial charge on any atom is 0.0562 e. The summed E-state index contributed by atoms with van der Waals surface area (Å²) in [6.07, 6.45) is 8.50. The van der Waals surface area contributed by atoms with Gasteiger partial charge in [0.15, 0.2) is 0 Å². The van der Waals surface area contributed by atoms with Gasteiger partial charge in [0, 0.05) is 11.5 Å². The van der Waals surface area contributed by atoms with E-state index < -0.39 is 0 Å². The van der Waals surface area contributed by atoms with Crippen molar-refractivity contribution < 1.29 is 0 Å². The molecule has 116 valence electrons. The summed E-state index contributed by atoms with van der Waals surface area (Å²) in [7, 11) is 0. The molecule has 0 bridgehead atoms. The number of rotatable bonds is 11. The molecule has 2 heteroatoms. The fourth-order valence-electron chi connectivity index (χ4n) is 1.82. The minimum Gasteiger partial charge on any atom is -0.161 e. The van der Waals surface area contributed by atoms with Crippen LogP contribution in [0.25, 0.3) is 4.91 Å². The van der Waals surface area contributed by atoms with E-state index in [1.807, 2.05) is 11.8 Å². The third kappa shape index (κ3) is 9.14. The molecule has 0 aromatic heterocycles. The molecular weight excluding hydrogens is 292 g/mol. The molecular formula is C19H28S2. The van der Waals surface area contributed by atoms with Crippen molar-refractivity contribution in [2.45, 2.75) is 46.0 Å². The number of hydrogen-bond acceptors (Lipinski definition) is 2. The summed E-state index contributed by atoms with van der Waals surface area (Å²) in [5, 5.41) is 0. The molecule has 0 aliphatic rings. The molecule has 0 aliphatic heterocycles. The number of unbranched alkanes of at least 4 members (excludes halogenated alkanes) is 3. The summed E-state index contributed by atoms with van der Waals surface area (Å²) in [6.45, 7) is 4.49. The Balaban J connectivity index is 2.51. The van der Waals surface area contributed by atoms with Gasteiger partial charge in [-0.1, -0.05) is 57.0 Å². The average molecular weight is 321 g/mol. The Bertz CT molecular complexity index is 416. The van der Waals surface area contributed by atoms with E-state index in [1.54, 1.807) is 0 Å². The highest BCUT2D eigenvalue weighted by Gasteiger charge is 2.01. The fourth-order valence-corrected chi connectivity index (χ4v) is 4.00. The molecule has 0 atom stereocenters. The quantitative estimate of drug-likeness (QED) is 0.331. The molecule has 0 fully saturated rings. The zero-order valence-electron chi connectivity index (χ0n) is 13.4. The first kappa shape index (κ1) is 18.5. The molecule has 1 aromatic carbocycles. The van der Waals surface area contributed by atoms with Crippen LogP contribution < -0.4 is 0 Å². The zero-order chi connectivity index (χ0) is 15.2. The Hall–Kier alpha value is -0.560. The van der Waals surface area contributed by atoms with Crippen molar-refractivity contribution in [2.75, 3.05) is 17.3 Å². The first-order chi connectivity index (χ1) is 10.4. The molecule has 0 saturated heterocycles. The normalized spacial score (nSPS) is 10.2. The zero-order valence-corrected chi connectivity index (χ0v) is 15.1. The number of hydrogen-bond donors (Lipinski definition) is 0. The highest BCUT2D eigenvalue weighted by molar-refractivity contribution is 8.09. The Morgan fingerprint density at radius 2 is 1.76 bits per heavy atom. The second kappa shape index (κ2) is 13.1. The molecule has 21 heavy (non-hydrogen) atoms. The summed E-state index contributed by atoms with van der Waals surface area (Å²) in [5.41, 5.74) is 4.82. The molecule has 1 aromatic rings. The van der Waals surface area contributed by atoms with E-state index in [4.69, 9.17) is 0 Å². The summed E-state index contributed by atoms with van der Waals surface area (Å²) < 4.78 is 0. The molecule has 0 unspecified atom stereocenters. The van der Waals surface area contributed by atoms with Crippen molar-refractivity contribution in [3.05, 3.63) is 47.7 Å². The molecule has 0 heterocycles. The molecule has 0 nitrogen and oxygen atoms in total. The van der Waals surface area contributed by atoms with Crippen LogP contribution in [-0.4, -0.2) is 17.3 Å². The van der Waals surface area contributed by atoms with Crippen molar-refractivity contribution in [3.8, 4) is 0 Å². The van der Waals surface area contributed by atoms with E-state index in [2.05, 4.69) is 67.7 Å². The second-order valence-electron chi connectivity index (χ2n) is 5.00. The lowest BCUT2D eigenvalue weighted by Gasteiger charge is -2.05. The highest BCUT2D eigenvalue weighted by atomic mass is 32.2. The maximum atomic E-state index is 3.52. The molecule has 0 spiro atoms. The second-order valence-corrected chi connectivity index (χ2v) is 7.33. The van der Waals surface area contributed by atoms with Gasteiger partial charge in [-0.15, -0.1) is 17.5 Å². The van der Waals surface area contributed by atoms with E-state index in [-0.39, 0.29) is 0 Å². The fraction of sp³-hybridized carbons (Fsp3) is 0.526. The van der Waals surface area contributed by atoms with E-state index >= 15 is 0 Å². The number of thioether (sulfide) groups is 2. The average Bonchev–Trinajstić information content (AvgIpc) is 2.53. The summed E-state index contributed by atoms with van der Waals surface area (Å²) in [6, 6.07) is 10.7. The van der Waals surface area contributed by atoms with Crippen LogP contribution >= 0.6 is 23.5 Å². The van der Waals surface area contributed by atoms with Gasteiger partial charge >= 0.3 is 0 Å². The van der Waals surface area contributed by atoms with E-state index in [9.17, 15) is 0 Å². The summed E-state index contributed by atoms with van der Waals surface area (Å²) >= 11 is 4.02. The lowest BCUT2D eigenvalue weighted by molar-refractivity contribution is 0.815. The highest BCUT2D eigenvalue weighted by Crippen LogP contribution is 2.27. The van der Waals surface area contributed by atoms with Crippen LogP contribution in [0.3, 0.4) is 0 Å². The van der Waals surface area contributed by atoms with Gasteiger partial charge in [-0.25, -0.2) is 0 Å². The van der Waals surface area contributed by atoms with Gasteiger partial charge < -0.3 is 0 Å². The third-order valence-electron chi connectivity index (χ3n) is 3.09. The van der Waals surface area contributed by atoms with E-state index in [1.165, 1.54) is 53.4 Å². The molecule has 0 saturated carbocycles. The summed E-state index contributed by atoms with van der Waals surface area (Å²) in [5.74, 6) is 3.71. The molecule has 1 rings (SSSR count). The predicted molar refractivity (Wildman–Crippen MR) is 102 cm³/mol. The molecule has 0 radical (unpaired) electrons. The SMILES string of the molecule is CCCCC=C=C(SCCSCCCC)c1ccccc1. The minimum atomic E-state index is 1.14. The smallest absolute Gasteiger partial charge is 0.0562 e. The Labute approximate surface area is 139 Å². The molecule has 0 amide bonds. The Morgan fingerprint density at radius 1 is 1.00 bits per heavy atom. The van der Waals surface area contributed by atoms with Crippen LogP contribution in [-0.2, 0) is 0 Å². The maximum absolute atomic E-state index is 3.52. The predicted octanol–water partition coefficient (Wildman–Crippen LogP) is 6.64. The van der Waals surface area contributed by atoms with Crippen molar-refractivity contribution >= 4 is 28.4 Å². The summed E-state index contributed by atoms with van der Waals surface area (Å²) in [4.78, 5) is 1.29. The number of allylic oxidation sites excluding steroid dienone is 1. The van der Waals surface area contributed by atoms with E-state index in [0.29, 0.717) is 0 Å². The lowest BCUT2D eigenvalue weighted by Crippen LogP contribution is -1.88. The van der Waals surface area contributed by atoms with Gasteiger partial charge in [0.25, 0.3) is 0 Å². The van der Waals surface area contributed by atoms with Crippen molar-refractivity contribution in [3.63, 3.8) is 0 Å². The van der Waals surface area contributed by atoms with Crippen LogP contribution in [0.2, 0.25) is 0 Å². The molecule has 0 aliphatic carbocycles. The van der Waals surface area contributed by atoms with Crippen molar-refractivity contribution in [1.82, 2.24) is 0 Å². The van der Waals surface area contributed by atoms with Gasteiger partial charge in [-0.2, -0.15) is 11.8 Å². The Kier molecular flexibility index (Phi) is 11.6. The van der Waals surface area contributed by atoms with Crippen LogP contribution in [0.15, 0.2) is 42.1 Å². The van der Waals surface area contributed by atoms with Gasteiger partial charge in [-0.3, -0.25) is 0 Å². The van der Waals surface area contributed by atoms with Gasteiger partial charge in [0.05, 0.1) is 4.91 Å². The third-order valence-corrected chi connectivity index (χ3v) is 5.47. The molecule has 0 N–H and O–H groups in total. The van der Waals surface area contributed by atoms with Gasteiger partial charge in [0.2, 0.25) is 0 Å². The van der Waals surface area contributed by atoms with Crippen LogP contribution in [0.5, 0.6) is 0 Å². The van der Waals surface area contributed by atoms with Crippen LogP contribution in [0, 0.1) is 0 Å². The van der Waals surface area contributed by atoms with Crippen molar-refractivity contribution in [1.29, 1.82) is 0 Å². The topological polar surface area (TPSA) is 0 Å². The minimum absolute atomic E-state index is 1.14. The largest absolute Gasteiger partial charge is 0.161 e.